The fourth-order valence-electron chi connectivity index (χ4n) is 3.14. The van der Waals surface area contributed by atoms with Gasteiger partial charge in [-0.1, -0.05) is 60.7 Å². The second-order valence-corrected chi connectivity index (χ2v) is 7.15. The van der Waals surface area contributed by atoms with Gasteiger partial charge in [-0.15, -0.1) is 0 Å². The minimum atomic E-state index is -1.20. The molecule has 1 amide bonds. The first-order valence-electron chi connectivity index (χ1n) is 9.70. The molecule has 0 aromatic heterocycles. The Labute approximate surface area is 179 Å². The number of para-hydroxylation sites is 1. The smallest absolute Gasteiger partial charge is 0.311 e. The van der Waals surface area contributed by atoms with E-state index < -0.39 is 22.9 Å². The summed E-state index contributed by atoms with van der Waals surface area (Å²) in [7, 11) is 0. The lowest BCUT2D eigenvalue weighted by Crippen LogP contribution is -2.27. The second-order valence-electron chi connectivity index (χ2n) is 7.15. The number of hydrogen-bond donors (Lipinski definition) is 1. The summed E-state index contributed by atoms with van der Waals surface area (Å²) in [4.78, 5) is 36.3. The van der Waals surface area contributed by atoms with Gasteiger partial charge in [0.1, 0.15) is 0 Å². The van der Waals surface area contributed by atoms with Crippen LogP contribution in [0, 0.1) is 24.0 Å². The van der Waals surface area contributed by atoms with Crippen molar-refractivity contribution in [2.45, 2.75) is 26.4 Å². The van der Waals surface area contributed by atoms with E-state index in [0.29, 0.717) is 11.3 Å². The van der Waals surface area contributed by atoms with E-state index in [2.05, 4.69) is 5.32 Å². The van der Waals surface area contributed by atoms with Gasteiger partial charge in [-0.05, 0) is 31.0 Å². The molecule has 0 heterocycles. The van der Waals surface area contributed by atoms with Gasteiger partial charge in [0.25, 0.3) is 11.6 Å². The molecule has 1 N–H and O–H groups in total. The average molecular weight is 418 g/mol. The number of nitrogens with zero attached hydrogens (tertiary/aromatic N) is 1. The van der Waals surface area contributed by atoms with Crippen molar-refractivity contribution in [3.05, 3.63) is 105 Å². The van der Waals surface area contributed by atoms with Gasteiger partial charge in [-0.2, -0.15) is 0 Å². The molecule has 0 saturated heterocycles. The van der Waals surface area contributed by atoms with Crippen molar-refractivity contribution < 1.29 is 19.2 Å². The highest BCUT2D eigenvalue weighted by Gasteiger charge is 2.27. The number of anilines is 1. The first-order chi connectivity index (χ1) is 14.8. The van der Waals surface area contributed by atoms with E-state index in [-0.39, 0.29) is 17.7 Å². The first-order valence-corrected chi connectivity index (χ1v) is 9.70. The molecule has 3 aromatic rings. The molecule has 0 aliphatic rings. The summed E-state index contributed by atoms with van der Waals surface area (Å²) in [5.74, 6) is -1.24. The number of nitro groups is 1. The lowest BCUT2D eigenvalue weighted by molar-refractivity contribution is -0.385. The number of nitrogens with one attached hydrogen (secondary N) is 1. The Hall–Kier alpha value is -4.00. The highest BCUT2D eigenvalue weighted by Crippen LogP contribution is 2.24. The molecule has 0 aliphatic carbocycles. The third-order valence-corrected chi connectivity index (χ3v) is 4.76. The lowest BCUT2D eigenvalue weighted by Gasteiger charge is -2.19. The van der Waals surface area contributed by atoms with Gasteiger partial charge in [0.2, 0.25) is 6.10 Å². The maximum atomic E-state index is 13.0. The number of carbonyl (C=O) groups is 2. The standard InChI is InChI=1S/C24H22N2O5/c1-16-12-13-17(2)20(14-16)25-24(28)23(18-8-4-3-5-9-18)31-22(27)15-19-10-6-7-11-21(19)26(29)30/h3-14,23H,15H2,1-2H3,(H,25,28)/t23-/m1/s1. The molecule has 0 fully saturated rings. The molecule has 3 aromatic carbocycles. The average Bonchev–Trinajstić information content (AvgIpc) is 2.75. The maximum absolute atomic E-state index is 13.0. The van der Waals surface area contributed by atoms with Gasteiger partial charge in [0.15, 0.2) is 0 Å². The minimum absolute atomic E-state index is 0.171. The second kappa shape index (κ2) is 9.67. The van der Waals surface area contributed by atoms with Crippen molar-refractivity contribution in [1.29, 1.82) is 0 Å². The summed E-state index contributed by atoms with van der Waals surface area (Å²) in [5.41, 5.74) is 3.03. The summed E-state index contributed by atoms with van der Waals surface area (Å²) in [6.07, 6.45) is -1.52. The summed E-state index contributed by atoms with van der Waals surface area (Å²) < 4.78 is 5.51. The van der Waals surface area contributed by atoms with Gasteiger partial charge in [-0.25, -0.2) is 0 Å². The van der Waals surface area contributed by atoms with Crippen LogP contribution in [-0.4, -0.2) is 16.8 Å². The Kier molecular flexibility index (Phi) is 6.77. The summed E-state index contributed by atoms with van der Waals surface area (Å²) in [6, 6.07) is 20.3. The van der Waals surface area contributed by atoms with E-state index in [1.807, 2.05) is 32.0 Å². The lowest BCUT2D eigenvalue weighted by atomic mass is 10.1. The van der Waals surface area contributed by atoms with Gasteiger partial charge in [0.05, 0.1) is 11.3 Å². The Morgan fingerprint density at radius 2 is 1.68 bits per heavy atom. The Morgan fingerprint density at radius 3 is 2.39 bits per heavy atom. The maximum Gasteiger partial charge on any atom is 0.311 e. The van der Waals surface area contributed by atoms with Gasteiger partial charge in [0, 0.05) is 22.9 Å². The topological polar surface area (TPSA) is 98.5 Å². The molecule has 0 spiro atoms. The fraction of sp³-hybridized carbons (Fsp3) is 0.167. The Balaban J connectivity index is 1.83. The molecule has 7 nitrogen and oxygen atoms in total. The number of aryl methyl sites for hydroxylation is 2. The minimum Gasteiger partial charge on any atom is -0.447 e. The number of ether oxygens (including phenoxy) is 1. The summed E-state index contributed by atoms with van der Waals surface area (Å²) >= 11 is 0. The number of benzene rings is 3. The van der Waals surface area contributed by atoms with Crippen LogP contribution in [0.5, 0.6) is 0 Å². The number of amides is 1. The van der Waals surface area contributed by atoms with Crippen LogP contribution in [-0.2, 0) is 20.7 Å². The molecule has 3 rings (SSSR count). The van der Waals surface area contributed by atoms with Crippen molar-refractivity contribution in [2.75, 3.05) is 5.32 Å². The van der Waals surface area contributed by atoms with Crippen molar-refractivity contribution >= 4 is 23.3 Å². The monoisotopic (exact) mass is 418 g/mol. The predicted molar refractivity (Wildman–Crippen MR) is 117 cm³/mol. The van der Waals surface area contributed by atoms with Crippen LogP contribution in [0.25, 0.3) is 0 Å². The van der Waals surface area contributed by atoms with E-state index >= 15 is 0 Å². The zero-order chi connectivity index (χ0) is 22.4. The van der Waals surface area contributed by atoms with Crippen molar-refractivity contribution in [2.24, 2.45) is 0 Å². The van der Waals surface area contributed by atoms with Gasteiger partial charge in [-0.3, -0.25) is 19.7 Å². The molecule has 0 saturated carbocycles. The number of rotatable bonds is 7. The number of esters is 1. The number of hydrogen-bond acceptors (Lipinski definition) is 5. The third-order valence-electron chi connectivity index (χ3n) is 4.76. The highest BCUT2D eigenvalue weighted by molar-refractivity contribution is 5.96. The quantitative estimate of drug-likeness (QED) is 0.341. The molecule has 0 unspecified atom stereocenters. The van der Waals surface area contributed by atoms with Crippen molar-refractivity contribution in [3.8, 4) is 0 Å². The molecule has 0 aliphatic heterocycles. The van der Waals surface area contributed by atoms with Crippen LogP contribution in [0.3, 0.4) is 0 Å². The third kappa shape index (κ3) is 5.54. The van der Waals surface area contributed by atoms with Crippen LogP contribution in [0.1, 0.15) is 28.4 Å². The summed E-state index contributed by atoms with van der Waals surface area (Å²) in [6.45, 7) is 3.78. The molecule has 158 valence electrons. The Morgan fingerprint density at radius 1 is 1.00 bits per heavy atom. The fourth-order valence-corrected chi connectivity index (χ4v) is 3.14. The highest BCUT2D eigenvalue weighted by atomic mass is 16.6. The van der Waals surface area contributed by atoms with E-state index in [9.17, 15) is 19.7 Å². The van der Waals surface area contributed by atoms with E-state index in [4.69, 9.17) is 4.74 Å². The van der Waals surface area contributed by atoms with Crippen LogP contribution in [0.2, 0.25) is 0 Å². The predicted octanol–water partition coefficient (Wildman–Crippen LogP) is 4.68. The Bertz CT molecular complexity index is 1110. The SMILES string of the molecule is Cc1ccc(C)c(NC(=O)[C@H](OC(=O)Cc2ccccc2[N+](=O)[O-])c2ccccc2)c1. The zero-order valence-corrected chi connectivity index (χ0v) is 17.2. The van der Waals surface area contributed by atoms with Crippen molar-refractivity contribution in [3.63, 3.8) is 0 Å². The van der Waals surface area contributed by atoms with E-state index in [1.54, 1.807) is 36.4 Å². The van der Waals surface area contributed by atoms with E-state index in [1.165, 1.54) is 18.2 Å². The molecular weight excluding hydrogens is 396 g/mol. The van der Waals surface area contributed by atoms with Crippen molar-refractivity contribution in [1.82, 2.24) is 0 Å². The number of carbonyl (C=O) groups excluding carboxylic acids is 2. The van der Waals surface area contributed by atoms with Gasteiger partial charge < -0.3 is 10.1 Å². The molecule has 0 bridgehead atoms. The zero-order valence-electron chi connectivity index (χ0n) is 17.2. The first kappa shape index (κ1) is 21.7. The molecule has 31 heavy (non-hydrogen) atoms. The van der Waals surface area contributed by atoms with Crippen LogP contribution >= 0.6 is 0 Å². The molecule has 0 radical (unpaired) electrons. The van der Waals surface area contributed by atoms with Crippen LogP contribution < -0.4 is 5.32 Å². The molecule has 1 atom stereocenters. The summed E-state index contributed by atoms with van der Waals surface area (Å²) in [5, 5.41) is 14.0. The van der Waals surface area contributed by atoms with Crippen LogP contribution in [0.4, 0.5) is 11.4 Å². The number of nitro benzene ring substituents is 1. The van der Waals surface area contributed by atoms with Gasteiger partial charge >= 0.3 is 5.97 Å². The largest absolute Gasteiger partial charge is 0.447 e. The molecule has 7 heteroatoms. The van der Waals surface area contributed by atoms with Crippen LogP contribution in [0.15, 0.2) is 72.8 Å². The normalized spacial score (nSPS) is 11.4. The molecular formula is C24H22N2O5. The van der Waals surface area contributed by atoms with E-state index in [0.717, 1.165) is 11.1 Å².